The van der Waals surface area contributed by atoms with Crippen molar-refractivity contribution in [2.75, 3.05) is 39.6 Å². The van der Waals surface area contributed by atoms with Gasteiger partial charge in [0.1, 0.15) is 0 Å². The van der Waals surface area contributed by atoms with Gasteiger partial charge in [-0.3, -0.25) is 0 Å². The molecule has 17 heteroatoms. The molecule has 14 nitrogen and oxygen atoms in total. The molecule has 0 radical (unpaired) electrons. The van der Waals surface area contributed by atoms with E-state index in [2.05, 4.69) is 4.86 Å². The maximum absolute atomic E-state index is 15.3. The number of aliphatic hydroxyl groups is 6. The second kappa shape index (κ2) is 23.9. The average molecular weight is 803 g/mol. The molecule has 0 aliphatic heterocycles. The number of allylic oxidation sites excluding steroid dienone is 6. The van der Waals surface area contributed by atoms with Crippen molar-refractivity contribution in [2.45, 2.75) is 80.1 Å². The molecule has 0 aliphatic rings. The fraction of sp³-hybridized carbons (Fsp3) is 0.500. The normalized spacial score (nSPS) is 15.7. The summed E-state index contributed by atoms with van der Waals surface area (Å²) in [6, 6.07) is 0. The van der Waals surface area contributed by atoms with E-state index in [-0.39, 0.29) is 72.0 Å². The van der Waals surface area contributed by atoms with Gasteiger partial charge in [0.25, 0.3) is 0 Å². The van der Waals surface area contributed by atoms with E-state index in [4.69, 9.17) is 4.52 Å². The molecule has 1 atom stereocenters. The molecule has 0 bridgehead atoms. The predicted octanol–water partition coefficient (Wildman–Crippen LogP) is 4.08. The van der Waals surface area contributed by atoms with Gasteiger partial charge >= 0.3 is 315 Å². The summed E-state index contributed by atoms with van der Waals surface area (Å²) in [6.45, 7) is -1.48. The first-order valence-corrected chi connectivity index (χ1v) is 21.6. The van der Waals surface area contributed by atoms with E-state index >= 15 is 28.8 Å². The fourth-order valence-electron chi connectivity index (χ4n) is 5.27. The van der Waals surface area contributed by atoms with Crippen LogP contribution in [0.4, 0.5) is 0 Å². The molecule has 0 saturated heterocycles. The van der Waals surface area contributed by atoms with Gasteiger partial charge in [-0.25, -0.2) is 0 Å². The Hall–Kier alpha value is -2.73. The van der Waals surface area contributed by atoms with Crippen LogP contribution in [0.5, 0.6) is 0 Å². The first-order chi connectivity index (χ1) is 25.0. The summed E-state index contributed by atoms with van der Waals surface area (Å²) >= 11 is 0. The van der Waals surface area contributed by atoms with Crippen LogP contribution in [0, 0.1) is 0 Å². The first kappa shape index (κ1) is 50.3. The predicted molar refractivity (Wildman–Crippen MR) is 212 cm³/mol. The molecule has 0 aliphatic carbocycles. The zero-order chi connectivity index (χ0) is 41.0. The van der Waals surface area contributed by atoms with Crippen LogP contribution in [0.15, 0.2) is 74.4 Å². The van der Waals surface area contributed by atoms with E-state index in [1.165, 1.54) is 78.0 Å². The zero-order valence-electron chi connectivity index (χ0n) is 31.5. The van der Waals surface area contributed by atoms with Gasteiger partial charge in [-0.15, -0.1) is 0 Å². The van der Waals surface area contributed by atoms with Crippen molar-refractivity contribution in [1.29, 1.82) is 0 Å². The molecule has 0 saturated carbocycles. The number of hydrogen-bond acceptors (Lipinski definition) is 14. The van der Waals surface area contributed by atoms with Crippen molar-refractivity contribution in [1.82, 2.24) is 4.86 Å². The second-order valence-electron chi connectivity index (χ2n) is 12.2. The van der Waals surface area contributed by atoms with E-state index in [1.54, 1.807) is 0 Å². The molecule has 7 N–H and O–H groups in total. The number of hydrogen-bond donors (Lipinski definition) is 7. The standard InChI is InChI=1S/C36H57N2O12P3/c1-25(13-7-19-39)31(45)52(32(46)26(2)14-8-20-40,33(47)27(3)15-9-21-41)38-53(37-51,34(48)28(4)16-10-22-42,35(49)29(5)17-11-23-43)36(50)30(6)18-12-24-44/h13-18,37,39-44H,7-12,19-24,51H2,1-6H3. The summed E-state index contributed by atoms with van der Waals surface area (Å²) in [5.74, 6) is 0. The SMILES string of the molecule is CC(=CCCO)C(=O)P(=NP(NP)(C(=O)C(C)=CCCO)(C(=O)C(C)=CCCO)C(=O)C(C)=CCCO)(C(=O)C(C)=CCCO)C(=O)C(C)=CCCO. The van der Waals surface area contributed by atoms with Crippen molar-refractivity contribution in [3.8, 4) is 0 Å². The number of nitrogens with zero attached hydrogens (tertiary/aromatic N) is 1. The first-order valence-electron chi connectivity index (χ1n) is 17.1. The topological polar surface area (TPSA) is 248 Å². The van der Waals surface area contributed by atoms with Crippen LogP contribution in [0.1, 0.15) is 80.1 Å². The molecule has 0 aromatic rings. The summed E-state index contributed by atoms with van der Waals surface area (Å²) in [7, 11) is -3.31. The van der Waals surface area contributed by atoms with Gasteiger partial charge in [-0.1, -0.05) is 0 Å². The summed E-state index contributed by atoms with van der Waals surface area (Å²) in [5.41, 5.74) is -8.88. The summed E-state index contributed by atoms with van der Waals surface area (Å²) in [5, 5.41) is 57.6. The van der Waals surface area contributed by atoms with E-state index in [0.717, 1.165) is 0 Å². The monoisotopic (exact) mass is 802 g/mol. The molecule has 298 valence electrons. The molecular formula is C36H57N2O12P3. The number of aliphatic hydroxyl groups excluding tert-OH is 6. The van der Waals surface area contributed by atoms with Gasteiger partial charge in [0, 0.05) is 0 Å². The average Bonchev–Trinajstić information content (AvgIpc) is 3.17. The molecule has 0 spiro atoms. The molecule has 0 rings (SSSR count). The van der Waals surface area contributed by atoms with Gasteiger partial charge in [0.15, 0.2) is 0 Å². The van der Waals surface area contributed by atoms with Crippen LogP contribution in [0.3, 0.4) is 0 Å². The Labute approximate surface area is 314 Å². The van der Waals surface area contributed by atoms with E-state index < -0.39 is 86.7 Å². The Balaban J connectivity index is 10.1. The Morgan fingerprint density at radius 2 is 0.679 bits per heavy atom. The number of carbonyl (C=O) groups is 6. The zero-order valence-corrected chi connectivity index (χ0v) is 34.4. The minimum absolute atomic E-state index is 0.101. The van der Waals surface area contributed by atoms with Gasteiger partial charge in [0.2, 0.25) is 0 Å². The third-order valence-corrected chi connectivity index (χ3v) is 18.9. The van der Waals surface area contributed by atoms with Gasteiger partial charge in [0.05, 0.1) is 0 Å². The number of carbonyl (C=O) groups excluding carboxylic acids is 6. The quantitative estimate of drug-likeness (QED) is 0.0482. The third kappa shape index (κ3) is 11.4. The van der Waals surface area contributed by atoms with Crippen LogP contribution in [0.25, 0.3) is 0 Å². The van der Waals surface area contributed by atoms with Crippen LogP contribution in [-0.2, 0) is 28.8 Å². The second-order valence-corrected chi connectivity index (χ2v) is 19.8. The van der Waals surface area contributed by atoms with Crippen molar-refractivity contribution in [3.05, 3.63) is 69.9 Å². The summed E-state index contributed by atoms with van der Waals surface area (Å²) in [6.07, 6.45) is 6.86. The minimum atomic E-state index is -6.44. The van der Waals surface area contributed by atoms with Crippen molar-refractivity contribution < 1.29 is 59.4 Å². The van der Waals surface area contributed by atoms with Gasteiger partial charge < -0.3 is 0 Å². The Morgan fingerprint density at radius 1 is 0.472 bits per heavy atom. The Kier molecular flexibility index (Phi) is 22.7. The summed E-state index contributed by atoms with van der Waals surface area (Å²) in [4.78, 5) is 93.7. The fourth-order valence-corrected chi connectivity index (χ4v) is 16.7. The van der Waals surface area contributed by atoms with E-state index in [1.807, 2.05) is 9.39 Å². The van der Waals surface area contributed by atoms with Crippen molar-refractivity contribution in [2.24, 2.45) is 4.52 Å². The Morgan fingerprint density at radius 3 is 0.868 bits per heavy atom. The maximum atomic E-state index is 15.3. The third-order valence-electron chi connectivity index (χ3n) is 8.13. The molecule has 0 fully saturated rings. The Bertz CT molecular complexity index is 1460. The van der Waals surface area contributed by atoms with Crippen LogP contribution < -0.4 is 4.86 Å². The van der Waals surface area contributed by atoms with Crippen LogP contribution in [-0.4, -0.2) is 103 Å². The molecule has 0 aromatic carbocycles. The van der Waals surface area contributed by atoms with Crippen molar-refractivity contribution in [3.63, 3.8) is 0 Å². The molecule has 0 amide bonds. The number of rotatable bonds is 26. The van der Waals surface area contributed by atoms with Crippen molar-refractivity contribution >= 4 is 56.5 Å². The van der Waals surface area contributed by atoms with Gasteiger partial charge in [-0.2, -0.15) is 0 Å². The molecule has 0 heterocycles. The van der Waals surface area contributed by atoms with Crippen LogP contribution in [0.2, 0.25) is 0 Å². The number of nitrogens with one attached hydrogen (secondary N) is 1. The van der Waals surface area contributed by atoms with E-state index in [0.29, 0.717) is 0 Å². The molecule has 53 heavy (non-hydrogen) atoms. The van der Waals surface area contributed by atoms with E-state index in [9.17, 15) is 30.6 Å². The van der Waals surface area contributed by atoms with Crippen LogP contribution >= 0.6 is 23.3 Å². The molecule has 0 aromatic heterocycles. The van der Waals surface area contributed by atoms with Gasteiger partial charge in [-0.05, 0) is 0 Å². The molecular weight excluding hydrogens is 745 g/mol. The summed E-state index contributed by atoms with van der Waals surface area (Å²) < 4.78 is 4.76. The molecule has 1 unspecified atom stereocenters.